The number of nitrogens with one attached hydrogen (secondary N) is 1. The molecule has 0 spiro atoms. The molecule has 0 saturated heterocycles. The molecule has 4 aromatic rings. The monoisotopic (exact) mass is 430 g/mol. The fourth-order valence-electron chi connectivity index (χ4n) is 4.92. The summed E-state index contributed by atoms with van der Waals surface area (Å²) in [5, 5.41) is 25.2. The first-order chi connectivity index (χ1) is 15.6. The molecule has 2 heterocycles. The summed E-state index contributed by atoms with van der Waals surface area (Å²) in [6.07, 6.45) is 7.31. The number of fused-ring (bicyclic) bond motifs is 4. The van der Waals surface area contributed by atoms with Gasteiger partial charge in [-0.1, -0.05) is 35.5 Å². The summed E-state index contributed by atoms with van der Waals surface area (Å²) in [7, 11) is 0. The third kappa shape index (κ3) is 3.77. The van der Waals surface area contributed by atoms with Gasteiger partial charge in [0.2, 0.25) is 0 Å². The quantitative estimate of drug-likeness (QED) is 0.190. The van der Waals surface area contributed by atoms with Crippen LogP contribution in [0.15, 0.2) is 58.2 Å². The Kier molecular flexibility index (Phi) is 5.43. The van der Waals surface area contributed by atoms with E-state index in [1.807, 2.05) is 42.6 Å². The normalized spacial score (nSPS) is 14.8. The minimum atomic E-state index is -0.872. The third-order valence-electron chi connectivity index (χ3n) is 6.62. The second-order valence-corrected chi connectivity index (χ2v) is 8.61. The number of furan rings is 1. The lowest BCUT2D eigenvalue weighted by molar-refractivity contribution is -0.141. The Hall–Kier alpha value is -3.54. The number of aromatic nitrogens is 1. The van der Waals surface area contributed by atoms with Crippen molar-refractivity contribution in [2.75, 3.05) is 0 Å². The Balaban J connectivity index is 1.28. The summed E-state index contributed by atoms with van der Waals surface area (Å²) >= 11 is 0. The number of carboxylic acids is 1. The van der Waals surface area contributed by atoms with E-state index in [-0.39, 0.29) is 6.42 Å². The van der Waals surface area contributed by atoms with E-state index in [1.165, 1.54) is 16.5 Å². The van der Waals surface area contributed by atoms with Crippen molar-refractivity contribution in [2.45, 2.75) is 44.9 Å². The first-order valence-electron chi connectivity index (χ1n) is 11.2. The number of H-pyrrole nitrogens is 1. The zero-order chi connectivity index (χ0) is 22.1. The molecule has 1 aliphatic carbocycles. The lowest BCUT2D eigenvalue weighted by atomic mass is 9.92. The molecule has 3 N–H and O–H groups in total. The molecule has 1 unspecified atom stereocenters. The van der Waals surface area contributed by atoms with E-state index in [0.717, 1.165) is 54.4 Å². The number of carboxylic acid groups (broad SMARTS) is 1. The molecular formula is C26H26N2O4. The molecule has 32 heavy (non-hydrogen) atoms. The van der Waals surface area contributed by atoms with Gasteiger partial charge in [-0.3, -0.25) is 4.79 Å². The van der Waals surface area contributed by atoms with Crippen molar-refractivity contribution >= 4 is 33.6 Å². The number of para-hydroxylation sites is 1. The molecule has 0 amide bonds. The lowest BCUT2D eigenvalue weighted by Gasteiger charge is -2.13. The van der Waals surface area contributed by atoms with Crippen LogP contribution in [0, 0.1) is 5.92 Å². The van der Waals surface area contributed by atoms with E-state index in [4.69, 9.17) is 4.42 Å². The maximum Gasteiger partial charge on any atom is 0.306 e. The van der Waals surface area contributed by atoms with Gasteiger partial charge in [-0.05, 0) is 49.8 Å². The molecule has 2 aromatic carbocycles. The fourth-order valence-corrected chi connectivity index (χ4v) is 4.92. The summed E-state index contributed by atoms with van der Waals surface area (Å²) in [6, 6.07) is 13.9. The number of benzene rings is 2. The van der Waals surface area contributed by atoms with Crippen LogP contribution in [0.5, 0.6) is 0 Å². The highest BCUT2D eigenvalue weighted by Gasteiger charge is 2.23. The number of oxime groups is 1. The Morgan fingerprint density at radius 2 is 2.03 bits per heavy atom. The minimum Gasteiger partial charge on any atom is -0.481 e. The van der Waals surface area contributed by atoms with Gasteiger partial charge >= 0.3 is 5.97 Å². The highest BCUT2D eigenvalue weighted by molar-refractivity contribution is 6.04. The van der Waals surface area contributed by atoms with Crippen molar-refractivity contribution in [3.8, 4) is 0 Å². The molecule has 1 aliphatic rings. The Morgan fingerprint density at radius 1 is 1.16 bits per heavy atom. The number of aliphatic carboxylic acids is 1. The molecule has 2 aromatic heterocycles. The molecule has 0 aliphatic heterocycles. The smallest absolute Gasteiger partial charge is 0.306 e. The molecular weight excluding hydrogens is 404 g/mol. The van der Waals surface area contributed by atoms with Gasteiger partial charge in [-0.2, -0.15) is 0 Å². The van der Waals surface area contributed by atoms with Crippen molar-refractivity contribution in [2.24, 2.45) is 11.1 Å². The largest absolute Gasteiger partial charge is 0.481 e. The van der Waals surface area contributed by atoms with Crippen LogP contribution in [0.1, 0.15) is 48.1 Å². The Morgan fingerprint density at radius 3 is 2.88 bits per heavy atom. The van der Waals surface area contributed by atoms with Crippen LogP contribution >= 0.6 is 0 Å². The SMILES string of the molecule is O=C(O)C(CCCc1c[nH]c2ccccc12)CC(=NO)c1ccc2c3c(oc2c1)CCC3. The van der Waals surface area contributed by atoms with Crippen LogP contribution in [-0.4, -0.2) is 27.0 Å². The predicted molar refractivity (Wildman–Crippen MR) is 124 cm³/mol. The molecule has 0 saturated carbocycles. The van der Waals surface area contributed by atoms with Crippen LogP contribution in [0.25, 0.3) is 21.9 Å². The predicted octanol–water partition coefficient (Wildman–Crippen LogP) is 5.69. The topological polar surface area (TPSA) is 98.8 Å². The number of rotatable bonds is 8. The Labute approximate surface area is 185 Å². The summed E-state index contributed by atoms with van der Waals surface area (Å²) in [5.74, 6) is -0.452. The summed E-state index contributed by atoms with van der Waals surface area (Å²) in [4.78, 5) is 15.2. The lowest BCUT2D eigenvalue weighted by Crippen LogP contribution is -2.19. The number of aryl methyl sites for hydroxylation is 3. The van der Waals surface area contributed by atoms with E-state index in [2.05, 4.69) is 16.2 Å². The van der Waals surface area contributed by atoms with Crippen LogP contribution < -0.4 is 0 Å². The molecule has 1 atom stereocenters. The molecule has 5 rings (SSSR count). The molecule has 0 bridgehead atoms. The van der Waals surface area contributed by atoms with E-state index < -0.39 is 11.9 Å². The molecule has 6 nitrogen and oxygen atoms in total. The second kappa shape index (κ2) is 8.54. The van der Waals surface area contributed by atoms with Crippen molar-refractivity contribution in [1.82, 2.24) is 4.98 Å². The van der Waals surface area contributed by atoms with Gasteiger partial charge in [0, 0.05) is 46.5 Å². The average molecular weight is 431 g/mol. The number of hydrogen-bond donors (Lipinski definition) is 3. The number of aromatic amines is 1. The number of nitrogens with zero attached hydrogens (tertiary/aromatic N) is 1. The van der Waals surface area contributed by atoms with E-state index in [9.17, 15) is 15.1 Å². The van der Waals surface area contributed by atoms with Crippen molar-refractivity contribution in [3.05, 3.63) is 71.1 Å². The highest BCUT2D eigenvalue weighted by atomic mass is 16.4. The first kappa shape index (κ1) is 20.4. The second-order valence-electron chi connectivity index (χ2n) is 8.61. The first-order valence-corrected chi connectivity index (χ1v) is 11.2. The van der Waals surface area contributed by atoms with E-state index in [1.54, 1.807) is 0 Å². The van der Waals surface area contributed by atoms with Crippen LogP contribution in [0.3, 0.4) is 0 Å². The third-order valence-corrected chi connectivity index (χ3v) is 6.62. The number of carbonyl (C=O) groups is 1. The van der Waals surface area contributed by atoms with Crippen molar-refractivity contribution in [3.63, 3.8) is 0 Å². The van der Waals surface area contributed by atoms with Crippen LogP contribution in [0.2, 0.25) is 0 Å². The summed E-state index contributed by atoms with van der Waals surface area (Å²) < 4.78 is 5.98. The molecule has 6 heteroatoms. The van der Waals surface area contributed by atoms with Gasteiger partial charge in [0.1, 0.15) is 11.3 Å². The average Bonchev–Trinajstić information content (AvgIpc) is 3.50. The summed E-state index contributed by atoms with van der Waals surface area (Å²) in [6.45, 7) is 0. The zero-order valence-electron chi connectivity index (χ0n) is 17.8. The van der Waals surface area contributed by atoms with Crippen molar-refractivity contribution < 1.29 is 19.5 Å². The van der Waals surface area contributed by atoms with E-state index in [0.29, 0.717) is 17.7 Å². The maximum absolute atomic E-state index is 11.9. The van der Waals surface area contributed by atoms with Gasteiger partial charge < -0.3 is 19.7 Å². The van der Waals surface area contributed by atoms with E-state index >= 15 is 0 Å². The standard InChI is InChI=1S/C26H26N2O4/c29-26(30)17(5-3-6-18-15-27-22-9-2-1-7-19(18)22)13-23(28-31)16-11-12-21-20-8-4-10-24(20)32-25(21)14-16/h1-2,7,9,11-12,14-15,17,27,31H,3-6,8,10,13H2,(H,29,30). The van der Waals surface area contributed by atoms with Gasteiger partial charge in [-0.25, -0.2) is 0 Å². The van der Waals surface area contributed by atoms with Crippen molar-refractivity contribution in [1.29, 1.82) is 0 Å². The van der Waals surface area contributed by atoms with Crippen LogP contribution in [-0.2, 0) is 24.1 Å². The Bertz CT molecular complexity index is 1310. The van der Waals surface area contributed by atoms with Gasteiger partial charge in [0.25, 0.3) is 0 Å². The molecule has 0 fully saturated rings. The maximum atomic E-state index is 11.9. The zero-order valence-corrected chi connectivity index (χ0v) is 17.8. The van der Waals surface area contributed by atoms with Gasteiger partial charge in [0.15, 0.2) is 0 Å². The summed E-state index contributed by atoms with van der Waals surface area (Å²) in [5.41, 5.74) is 5.41. The molecule has 0 radical (unpaired) electrons. The highest BCUT2D eigenvalue weighted by Crippen LogP contribution is 2.33. The fraction of sp³-hybridized carbons (Fsp3) is 0.308. The van der Waals surface area contributed by atoms with Gasteiger partial charge in [-0.15, -0.1) is 0 Å². The molecule has 164 valence electrons. The van der Waals surface area contributed by atoms with Gasteiger partial charge in [0.05, 0.1) is 11.6 Å². The number of hydrogen-bond acceptors (Lipinski definition) is 4. The van der Waals surface area contributed by atoms with Crippen LogP contribution in [0.4, 0.5) is 0 Å². The minimum absolute atomic E-state index is 0.172.